The zero-order valence-electron chi connectivity index (χ0n) is 9.22. The van der Waals surface area contributed by atoms with Crippen molar-refractivity contribution in [1.82, 2.24) is 5.32 Å². The van der Waals surface area contributed by atoms with Gasteiger partial charge in [0.25, 0.3) is 0 Å². The molecule has 6 heteroatoms. The summed E-state index contributed by atoms with van der Waals surface area (Å²) < 4.78 is 5.01. The summed E-state index contributed by atoms with van der Waals surface area (Å²) in [5, 5.41) is 29.3. The van der Waals surface area contributed by atoms with Crippen LogP contribution in [0, 0.1) is 0 Å². The number of carboxylic acid groups (broad SMARTS) is 1. The molecule has 94 valence electrons. The van der Waals surface area contributed by atoms with E-state index in [0.29, 0.717) is 0 Å². The van der Waals surface area contributed by atoms with E-state index in [1.807, 2.05) is 0 Å². The Hall–Kier alpha value is -1.79. The van der Waals surface area contributed by atoms with Gasteiger partial charge < -0.3 is 25.4 Å². The Labute approximate surface area is 98.5 Å². The lowest BCUT2D eigenvalue weighted by Gasteiger charge is -2.10. The fourth-order valence-corrected chi connectivity index (χ4v) is 1.22. The highest BCUT2D eigenvalue weighted by Gasteiger charge is 2.08. The van der Waals surface area contributed by atoms with Crippen molar-refractivity contribution < 1.29 is 24.9 Å². The van der Waals surface area contributed by atoms with Crippen molar-refractivity contribution in [3.63, 3.8) is 0 Å². The van der Waals surface area contributed by atoms with Crippen LogP contribution >= 0.6 is 0 Å². The van der Waals surface area contributed by atoms with Gasteiger partial charge in [0.05, 0.1) is 13.2 Å². The quantitative estimate of drug-likeness (QED) is 0.568. The summed E-state index contributed by atoms with van der Waals surface area (Å²) in [6, 6.07) is 3.31. The maximum atomic E-state index is 10.3. The molecule has 4 N–H and O–H groups in total. The Kier molecular flexibility index (Phi) is 5.25. The zero-order valence-corrected chi connectivity index (χ0v) is 9.22. The first-order chi connectivity index (χ1) is 8.11. The summed E-state index contributed by atoms with van der Waals surface area (Å²) in [4.78, 5) is 10.3. The van der Waals surface area contributed by atoms with Gasteiger partial charge in [-0.2, -0.15) is 0 Å². The summed E-state index contributed by atoms with van der Waals surface area (Å²) in [6.07, 6.45) is 0. The van der Waals surface area contributed by atoms with Gasteiger partial charge in [-0.3, -0.25) is 0 Å². The molecule has 0 aromatic heterocycles. The van der Waals surface area contributed by atoms with Crippen LogP contribution < -0.4 is 5.32 Å². The molecule has 0 atom stereocenters. The van der Waals surface area contributed by atoms with Crippen LogP contribution in [0.4, 0.5) is 0 Å². The second kappa shape index (κ2) is 6.72. The summed E-state index contributed by atoms with van der Waals surface area (Å²) in [5.41, 5.74) is -0.220. The van der Waals surface area contributed by atoms with Gasteiger partial charge in [0.15, 0.2) is 0 Å². The number of hydrogen-bond acceptors (Lipinski definition) is 5. The standard InChI is InChI=1S/C7H6O4.C4H9NO/c8-4-1-2-5(7(10)11)6(9)3-4;1-3-6-4-2-5-1/h1-3,8-9H,(H,10,11);5H,1-4H2. The smallest absolute Gasteiger partial charge is 0.339 e. The van der Waals surface area contributed by atoms with E-state index < -0.39 is 11.7 Å². The average Bonchev–Trinajstić information content (AvgIpc) is 2.31. The molecule has 0 radical (unpaired) electrons. The largest absolute Gasteiger partial charge is 0.508 e. The summed E-state index contributed by atoms with van der Waals surface area (Å²) >= 11 is 0. The molecule has 1 aliphatic rings. The van der Waals surface area contributed by atoms with Crippen LogP contribution in [0.25, 0.3) is 0 Å². The van der Waals surface area contributed by atoms with Crippen molar-refractivity contribution in [2.75, 3.05) is 26.3 Å². The molecule has 1 saturated heterocycles. The van der Waals surface area contributed by atoms with Crippen LogP contribution in [-0.4, -0.2) is 47.6 Å². The number of carbonyl (C=O) groups is 1. The van der Waals surface area contributed by atoms with E-state index in [9.17, 15) is 4.79 Å². The number of aromatic carboxylic acids is 1. The maximum Gasteiger partial charge on any atom is 0.339 e. The third kappa shape index (κ3) is 4.71. The molecule has 0 aliphatic carbocycles. The van der Waals surface area contributed by atoms with Gasteiger partial charge in [0.1, 0.15) is 17.1 Å². The molecule has 1 aromatic carbocycles. The molecule has 0 spiro atoms. The number of hydrogen-bond donors (Lipinski definition) is 4. The molecule has 6 nitrogen and oxygen atoms in total. The van der Waals surface area contributed by atoms with Crippen molar-refractivity contribution in [3.8, 4) is 11.5 Å². The summed E-state index contributed by atoms with van der Waals surface area (Å²) in [6.45, 7) is 3.83. The molecule has 17 heavy (non-hydrogen) atoms. The number of benzene rings is 1. The van der Waals surface area contributed by atoms with E-state index in [4.69, 9.17) is 20.1 Å². The van der Waals surface area contributed by atoms with Gasteiger partial charge in [-0.25, -0.2) is 4.79 Å². The number of morpholine rings is 1. The van der Waals surface area contributed by atoms with Gasteiger partial charge in [-0.15, -0.1) is 0 Å². The van der Waals surface area contributed by atoms with Crippen molar-refractivity contribution in [2.45, 2.75) is 0 Å². The van der Waals surface area contributed by atoms with Crippen LogP contribution in [0.2, 0.25) is 0 Å². The van der Waals surface area contributed by atoms with E-state index in [2.05, 4.69) is 5.32 Å². The second-order valence-corrected chi connectivity index (χ2v) is 3.37. The third-order valence-corrected chi connectivity index (χ3v) is 2.06. The molecule has 0 bridgehead atoms. The molecule has 0 saturated carbocycles. The molecule has 1 heterocycles. The monoisotopic (exact) mass is 241 g/mol. The number of carboxylic acids is 1. The second-order valence-electron chi connectivity index (χ2n) is 3.37. The first-order valence-electron chi connectivity index (χ1n) is 5.15. The van der Waals surface area contributed by atoms with Crippen molar-refractivity contribution in [1.29, 1.82) is 0 Å². The normalized spacial score (nSPS) is 14.6. The van der Waals surface area contributed by atoms with Crippen molar-refractivity contribution in [2.24, 2.45) is 0 Å². The lowest BCUT2D eigenvalue weighted by molar-refractivity contribution is 0.0693. The van der Waals surface area contributed by atoms with Crippen LogP contribution in [-0.2, 0) is 4.74 Å². The number of nitrogens with one attached hydrogen (secondary N) is 1. The number of rotatable bonds is 1. The highest BCUT2D eigenvalue weighted by Crippen LogP contribution is 2.21. The first kappa shape index (κ1) is 13.3. The van der Waals surface area contributed by atoms with Crippen molar-refractivity contribution in [3.05, 3.63) is 23.8 Å². The molecule has 0 amide bonds. The highest BCUT2D eigenvalue weighted by molar-refractivity contribution is 5.90. The molecule has 1 aliphatic heterocycles. The maximum absolute atomic E-state index is 10.3. The minimum Gasteiger partial charge on any atom is -0.508 e. The van der Waals surface area contributed by atoms with Gasteiger partial charge >= 0.3 is 5.97 Å². The lowest BCUT2D eigenvalue weighted by atomic mass is 10.2. The van der Waals surface area contributed by atoms with Crippen LogP contribution in [0.5, 0.6) is 11.5 Å². The number of aromatic hydroxyl groups is 2. The summed E-state index contributed by atoms with van der Waals surface area (Å²) in [7, 11) is 0. The fourth-order valence-electron chi connectivity index (χ4n) is 1.22. The topological polar surface area (TPSA) is 99.0 Å². The molecule has 0 unspecified atom stereocenters. The van der Waals surface area contributed by atoms with Crippen LogP contribution in [0.3, 0.4) is 0 Å². The predicted molar refractivity (Wildman–Crippen MR) is 60.4 cm³/mol. The molecular formula is C11H15NO5. The van der Waals surface area contributed by atoms with E-state index in [0.717, 1.165) is 38.4 Å². The van der Waals surface area contributed by atoms with Gasteiger partial charge in [0, 0.05) is 19.2 Å². The Balaban J connectivity index is 0.000000202. The third-order valence-electron chi connectivity index (χ3n) is 2.06. The SMILES string of the molecule is C1COCCN1.O=C(O)c1ccc(O)cc1O. The first-order valence-corrected chi connectivity index (χ1v) is 5.15. The molecule has 1 fully saturated rings. The zero-order chi connectivity index (χ0) is 12.7. The van der Waals surface area contributed by atoms with Gasteiger partial charge in [-0.05, 0) is 12.1 Å². The Morgan fingerprint density at radius 2 is 1.88 bits per heavy atom. The molecule has 1 aromatic rings. The molecule has 2 rings (SSSR count). The Morgan fingerprint density at radius 1 is 1.24 bits per heavy atom. The van der Waals surface area contributed by atoms with E-state index in [-0.39, 0.29) is 11.3 Å². The van der Waals surface area contributed by atoms with Crippen molar-refractivity contribution >= 4 is 5.97 Å². The van der Waals surface area contributed by atoms with Crippen LogP contribution in [0.15, 0.2) is 18.2 Å². The number of ether oxygens (including phenoxy) is 1. The Morgan fingerprint density at radius 3 is 2.24 bits per heavy atom. The predicted octanol–water partition coefficient (Wildman–Crippen LogP) is 0.402. The summed E-state index contributed by atoms with van der Waals surface area (Å²) in [5.74, 6) is -1.81. The average molecular weight is 241 g/mol. The Bertz CT molecular complexity index is 365. The van der Waals surface area contributed by atoms with Gasteiger partial charge in [0.2, 0.25) is 0 Å². The highest BCUT2D eigenvalue weighted by atomic mass is 16.5. The van der Waals surface area contributed by atoms with Gasteiger partial charge in [-0.1, -0.05) is 0 Å². The van der Waals surface area contributed by atoms with E-state index in [1.54, 1.807) is 0 Å². The minimum absolute atomic E-state index is 0.160. The number of phenols is 2. The fraction of sp³-hybridized carbons (Fsp3) is 0.364. The van der Waals surface area contributed by atoms with Crippen LogP contribution in [0.1, 0.15) is 10.4 Å². The number of phenolic OH excluding ortho intramolecular Hbond substituents is 1. The van der Waals surface area contributed by atoms with E-state index >= 15 is 0 Å². The lowest BCUT2D eigenvalue weighted by Crippen LogP contribution is -2.30. The minimum atomic E-state index is -1.22. The molecular weight excluding hydrogens is 226 g/mol. The van der Waals surface area contributed by atoms with E-state index in [1.165, 1.54) is 6.07 Å².